The molecule has 0 bridgehead atoms. The summed E-state index contributed by atoms with van der Waals surface area (Å²) in [5.41, 5.74) is 0.361. The minimum Gasteiger partial charge on any atom is -0.497 e. The van der Waals surface area contributed by atoms with E-state index in [-0.39, 0.29) is 12.0 Å². The molecule has 1 heterocycles. The van der Waals surface area contributed by atoms with Crippen LogP contribution in [0.4, 0.5) is 13.2 Å². The number of aromatic amines is 1. The lowest BCUT2D eigenvalue weighted by Crippen LogP contribution is -2.08. The van der Waals surface area contributed by atoms with Crippen LogP contribution in [0.5, 0.6) is 5.75 Å². The highest BCUT2D eigenvalue weighted by molar-refractivity contribution is 5.65. The lowest BCUT2D eigenvalue weighted by molar-refractivity contribution is -0.141. The van der Waals surface area contributed by atoms with Crippen molar-refractivity contribution in [3.05, 3.63) is 35.5 Å². The van der Waals surface area contributed by atoms with E-state index >= 15 is 0 Å². The molecule has 1 aromatic carbocycles. The van der Waals surface area contributed by atoms with Crippen LogP contribution in [0.25, 0.3) is 11.3 Å². The molecule has 0 radical (unpaired) electrons. The van der Waals surface area contributed by atoms with Crippen molar-refractivity contribution in [3.63, 3.8) is 0 Å². The molecule has 0 unspecified atom stereocenters. The average molecular weight is 270 g/mol. The van der Waals surface area contributed by atoms with E-state index in [0.717, 1.165) is 0 Å². The smallest absolute Gasteiger partial charge is 0.433 e. The molecule has 2 rings (SSSR count). The van der Waals surface area contributed by atoms with E-state index in [2.05, 4.69) is 10.2 Å². The van der Waals surface area contributed by atoms with Gasteiger partial charge in [-0.15, -0.1) is 0 Å². The number of methoxy groups -OCH3 is 1. The lowest BCUT2D eigenvalue weighted by atomic mass is 10.0. The maximum absolute atomic E-state index is 12.8. The third-order valence-electron chi connectivity index (χ3n) is 2.87. The molecule has 6 heteroatoms. The maximum Gasteiger partial charge on any atom is 0.433 e. The molecule has 0 spiro atoms. The molecule has 0 aliphatic heterocycles. The zero-order valence-electron chi connectivity index (χ0n) is 10.5. The molecule has 0 fully saturated rings. The average Bonchev–Trinajstić information content (AvgIpc) is 2.82. The van der Waals surface area contributed by atoms with Gasteiger partial charge in [-0.2, -0.15) is 18.3 Å². The third kappa shape index (κ3) is 2.57. The van der Waals surface area contributed by atoms with Gasteiger partial charge in [0.15, 0.2) is 0 Å². The number of hydrogen-bond donors (Lipinski definition) is 1. The fraction of sp³-hybridized carbons (Fsp3) is 0.308. The minimum absolute atomic E-state index is 0.178. The Balaban J connectivity index is 2.47. The second kappa shape index (κ2) is 4.95. The zero-order chi connectivity index (χ0) is 14.0. The van der Waals surface area contributed by atoms with Crippen LogP contribution in [-0.4, -0.2) is 17.3 Å². The van der Waals surface area contributed by atoms with Crippen molar-refractivity contribution in [1.82, 2.24) is 10.2 Å². The minimum atomic E-state index is -4.41. The van der Waals surface area contributed by atoms with Crippen LogP contribution in [0.15, 0.2) is 24.3 Å². The number of aromatic nitrogens is 2. The summed E-state index contributed by atoms with van der Waals surface area (Å²) >= 11 is 0. The van der Waals surface area contributed by atoms with Crippen LogP contribution < -0.4 is 4.74 Å². The van der Waals surface area contributed by atoms with Gasteiger partial charge in [0.1, 0.15) is 11.4 Å². The van der Waals surface area contributed by atoms with Crippen LogP contribution in [0.1, 0.15) is 18.2 Å². The molecule has 102 valence electrons. The van der Waals surface area contributed by atoms with Crippen LogP contribution in [0.3, 0.4) is 0 Å². The first kappa shape index (κ1) is 13.5. The fourth-order valence-electron chi connectivity index (χ4n) is 1.93. The quantitative estimate of drug-likeness (QED) is 0.924. The molecular formula is C13H13F3N2O. The number of halogens is 3. The van der Waals surface area contributed by atoms with Crippen LogP contribution >= 0.6 is 0 Å². The van der Waals surface area contributed by atoms with E-state index in [1.165, 1.54) is 7.11 Å². The van der Waals surface area contributed by atoms with Crippen molar-refractivity contribution in [2.24, 2.45) is 0 Å². The normalized spacial score (nSPS) is 11.6. The van der Waals surface area contributed by atoms with Crippen molar-refractivity contribution < 1.29 is 17.9 Å². The van der Waals surface area contributed by atoms with Crippen LogP contribution in [0, 0.1) is 0 Å². The SMILES string of the molecule is CCc1c(-c2ccc(OC)cc2)n[nH]c1C(F)(F)F. The molecular weight excluding hydrogens is 257 g/mol. The first-order chi connectivity index (χ1) is 8.97. The molecule has 0 saturated carbocycles. The number of nitrogens with one attached hydrogen (secondary N) is 1. The molecule has 0 amide bonds. The first-order valence-electron chi connectivity index (χ1n) is 5.76. The number of nitrogens with zero attached hydrogens (tertiary/aromatic N) is 1. The predicted octanol–water partition coefficient (Wildman–Crippen LogP) is 3.67. The number of hydrogen-bond acceptors (Lipinski definition) is 2. The summed E-state index contributed by atoms with van der Waals surface area (Å²) in [6.07, 6.45) is -4.16. The van der Waals surface area contributed by atoms with Crippen LogP contribution in [-0.2, 0) is 12.6 Å². The van der Waals surface area contributed by atoms with Gasteiger partial charge < -0.3 is 4.74 Å². The number of alkyl halides is 3. The fourth-order valence-corrected chi connectivity index (χ4v) is 1.93. The predicted molar refractivity (Wildman–Crippen MR) is 65.0 cm³/mol. The largest absolute Gasteiger partial charge is 0.497 e. The molecule has 0 atom stereocenters. The second-order valence-corrected chi connectivity index (χ2v) is 4.01. The van der Waals surface area contributed by atoms with Gasteiger partial charge in [0.05, 0.1) is 12.8 Å². The van der Waals surface area contributed by atoms with Gasteiger partial charge in [-0.05, 0) is 30.7 Å². The molecule has 0 aliphatic rings. The van der Waals surface area contributed by atoms with E-state index in [1.807, 2.05) is 0 Å². The van der Waals surface area contributed by atoms with E-state index in [9.17, 15) is 13.2 Å². The Morgan fingerprint density at radius 2 is 1.84 bits per heavy atom. The number of ether oxygens (including phenoxy) is 1. The summed E-state index contributed by atoms with van der Waals surface area (Å²) in [6, 6.07) is 6.76. The monoisotopic (exact) mass is 270 g/mol. The van der Waals surface area contributed by atoms with Crippen molar-refractivity contribution in [2.45, 2.75) is 19.5 Å². The van der Waals surface area contributed by atoms with Crippen molar-refractivity contribution in [3.8, 4) is 17.0 Å². The van der Waals surface area contributed by atoms with Crippen molar-refractivity contribution in [1.29, 1.82) is 0 Å². The highest BCUT2D eigenvalue weighted by Gasteiger charge is 2.36. The van der Waals surface area contributed by atoms with Gasteiger partial charge in [-0.1, -0.05) is 6.92 Å². The topological polar surface area (TPSA) is 37.9 Å². The number of H-pyrrole nitrogens is 1. The molecule has 1 aromatic heterocycles. The van der Waals surface area contributed by atoms with Crippen LogP contribution in [0.2, 0.25) is 0 Å². The molecule has 0 saturated heterocycles. The summed E-state index contributed by atoms with van der Waals surface area (Å²) in [4.78, 5) is 0. The second-order valence-electron chi connectivity index (χ2n) is 4.01. The standard InChI is InChI=1S/C13H13F3N2O/c1-3-10-11(17-18-12(10)13(14,15)16)8-4-6-9(19-2)7-5-8/h4-7H,3H2,1-2H3,(H,17,18). The Morgan fingerprint density at radius 1 is 1.21 bits per heavy atom. The molecule has 2 aromatic rings. The molecule has 19 heavy (non-hydrogen) atoms. The molecule has 3 nitrogen and oxygen atoms in total. The molecule has 0 aliphatic carbocycles. The van der Waals surface area contributed by atoms with Gasteiger partial charge in [0.2, 0.25) is 0 Å². The van der Waals surface area contributed by atoms with Gasteiger partial charge in [0, 0.05) is 11.1 Å². The number of rotatable bonds is 3. The maximum atomic E-state index is 12.8. The highest BCUT2D eigenvalue weighted by Crippen LogP contribution is 2.35. The summed E-state index contributed by atoms with van der Waals surface area (Å²) < 4.78 is 43.4. The van der Waals surface area contributed by atoms with Gasteiger partial charge in [-0.25, -0.2) is 0 Å². The van der Waals surface area contributed by atoms with Gasteiger partial charge in [-0.3, -0.25) is 5.10 Å². The first-order valence-corrected chi connectivity index (χ1v) is 5.76. The summed E-state index contributed by atoms with van der Waals surface area (Å²) in [7, 11) is 1.53. The van der Waals surface area contributed by atoms with Gasteiger partial charge in [0.25, 0.3) is 0 Å². The summed E-state index contributed by atoms with van der Waals surface area (Å²) in [5, 5.41) is 5.88. The van der Waals surface area contributed by atoms with E-state index < -0.39 is 11.9 Å². The van der Waals surface area contributed by atoms with Gasteiger partial charge >= 0.3 is 6.18 Å². The number of benzene rings is 1. The van der Waals surface area contributed by atoms with E-state index in [1.54, 1.807) is 31.2 Å². The Bertz CT molecular complexity index is 558. The Hall–Kier alpha value is -1.98. The van der Waals surface area contributed by atoms with Crippen molar-refractivity contribution in [2.75, 3.05) is 7.11 Å². The third-order valence-corrected chi connectivity index (χ3v) is 2.87. The van der Waals surface area contributed by atoms with E-state index in [0.29, 0.717) is 17.0 Å². The lowest BCUT2D eigenvalue weighted by Gasteiger charge is -2.07. The highest BCUT2D eigenvalue weighted by atomic mass is 19.4. The van der Waals surface area contributed by atoms with E-state index in [4.69, 9.17) is 4.74 Å². The summed E-state index contributed by atoms with van der Waals surface area (Å²) in [5.74, 6) is 0.647. The zero-order valence-corrected chi connectivity index (χ0v) is 10.5. The Morgan fingerprint density at radius 3 is 2.32 bits per heavy atom. The van der Waals surface area contributed by atoms with Crippen molar-refractivity contribution >= 4 is 0 Å². The summed E-state index contributed by atoms with van der Waals surface area (Å²) in [6.45, 7) is 1.67. The Labute approximate surface area is 108 Å². The Kier molecular flexibility index (Phi) is 3.50. The molecule has 1 N–H and O–H groups in total.